The Kier molecular flexibility index (Phi) is 3.34. The fourth-order valence-electron chi connectivity index (χ4n) is 1.95. The second-order valence-corrected chi connectivity index (χ2v) is 4.38. The third kappa shape index (κ3) is 2.76. The van der Waals surface area contributed by atoms with Crippen molar-refractivity contribution >= 4 is 0 Å². The van der Waals surface area contributed by atoms with Crippen molar-refractivity contribution in [3.63, 3.8) is 0 Å². The van der Waals surface area contributed by atoms with E-state index in [0.29, 0.717) is 12.0 Å². The van der Waals surface area contributed by atoms with Crippen LogP contribution in [0.2, 0.25) is 0 Å². The van der Waals surface area contributed by atoms with E-state index in [1.807, 2.05) is 24.4 Å². The third-order valence-corrected chi connectivity index (χ3v) is 3.05. The lowest BCUT2D eigenvalue weighted by molar-refractivity contribution is 0.0420. The second kappa shape index (κ2) is 4.73. The van der Waals surface area contributed by atoms with Crippen LogP contribution in [0.15, 0.2) is 24.4 Å². The molecular weight excluding hydrogens is 188 g/mol. The van der Waals surface area contributed by atoms with Gasteiger partial charge in [0.1, 0.15) is 0 Å². The van der Waals surface area contributed by atoms with Crippen molar-refractivity contribution in [3.8, 4) is 0 Å². The molecule has 1 aromatic heterocycles. The molecule has 3 heteroatoms. The van der Waals surface area contributed by atoms with Gasteiger partial charge < -0.3 is 10.4 Å². The zero-order valence-corrected chi connectivity index (χ0v) is 9.06. The van der Waals surface area contributed by atoms with Crippen molar-refractivity contribution in [3.05, 3.63) is 30.1 Å². The standard InChI is InChI=1S/C12H18N2O/c1-9(12-4-2-3-5-13-12)14-8-10-6-11(15)7-10/h2-5,9-11,14-15H,6-8H2,1H3. The first-order valence-corrected chi connectivity index (χ1v) is 5.58. The highest BCUT2D eigenvalue weighted by atomic mass is 16.3. The quantitative estimate of drug-likeness (QED) is 0.784. The Morgan fingerprint density at radius 1 is 1.53 bits per heavy atom. The highest BCUT2D eigenvalue weighted by Gasteiger charge is 2.26. The molecular formula is C12H18N2O. The largest absolute Gasteiger partial charge is 0.393 e. The average molecular weight is 206 g/mol. The Labute approximate surface area is 90.5 Å². The topological polar surface area (TPSA) is 45.1 Å². The number of aliphatic hydroxyl groups is 1. The monoisotopic (exact) mass is 206 g/mol. The van der Waals surface area contributed by atoms with Gasteiger partial charge in [0.2, 0.25) is 0 Å². The molecule has 82 valence electrons. The van der Waals surface area contributed by atoms with E-state index >= 15 is 0 Å². The van der Waals surface area contributed by atoms with Gasteiger partial charge in [0.25, 0.3) is 0 Å². The second-order valence-electron chi connectivity index (χ2n) is 4.38. The summed E-state index contributed by atoms with van der Waals surface area (Å²) in [6.45, 7) is 3.10. The maximum atomic E-state index is 9.16. The summed E-state index contributed by atoms with van der Waals surface area (Å²) in [4.78, 5) is 4.30. The molecule has 0 radical (unpaired) electrons. The van der Waals surface area contributed by atoms with Crippen LogP contribution >= 0.6 is 0 Å². The van der Waals surface area contributed by atoms with Gasteiger partial charge in [-0.05, 0) is 44.4 Å². The SMILES string of the molecule is CC(NCC1CC(O)C1)c1ccccn1. The van der Waals surface area contributed by atoms with Crippen LogP contribution in [-0.2, 0) is 0 Å². The van der Waals surface area contributed by atoms with Crippen LogP contribution in [-0.4, -0.2) is 22.7 Å². The number of hydrogen-bond donors (Lipinski definition) is 2. The molecule has 1 heterocycles. The van der Waals surface area contributed by atoms with Crippen molar-refractivity contribution < 1.29 is 5.11 Å². The van der Waals surface area contributed by atoms with E-state index < -0.39 is 0 Å². The van der Waals surface area contributed by atoms with E-state index in [1.54, 1.807) is 0 Å². The van der Waals surface area contributed by atoms with Crippen molar-refractivity contribution in [2.24, 2.45) is 5.92 Å². The number of hydrogen-bond acceptors (Lipinski definition) is 3. The van der Waals surface area contributed by atoms with Crippen LogP contribution in [0.25, 0.3) is 0 Å². The summed E-state index contributed by atoms with van der Waals surface area (Å²) < 4.78 is 0. The molecule has 0 aromatic carbocycles. The molecule has 1 aliphatic rings. The van der Waals surface area contributed by atoms with Gasteiger partial charge >= 0.3 is 0 Å². The van der Waals surface area contributed by atoms with Gasteiger partial charge in [-0.2, -0.15) is 0 Å². The summed E-state index contributed by atoms with van der Waals surface area (Å²) in [5.74, 6) is 0.645. The van der Waals surface area contributed by atoms with Crippen LogP contribution in [0.4, 0.5) is 0 Å². The number of aliphatic hydroxyl groups excluding tert-OH is 1. The summed E-state index contributed by atoms with van der Waals surface area (Å²) >= 11 is 0. The van der Waals surface area contributed by atoms with Crippen molar-refractivity contribution in [1.82, 2.24) is 10.3 Å². The Balaban J connectivity index is 1.75. The van der Waals surface area contributed by atoms with E-state index in [-0.39, 0.29) is 6.10 Å². The molecule has 0 aliphatic heterocycles. The summed E-state index contributed by atoms with van der Waals surface area (Å²) in [5, 5.41) is 12.6. The molecule has 0 amide bonds. The molecule has 1 aromatic rings. The van der Waals surface area contributed by atoms with Gasteiger partial charge in [-0.15, -0.1) is 0 Å². The first-order chi connectivity index (χ1) is 7.25. The molecule has 15 heavy (non-hydrogen) atoms. The first-order valence-electron chi connectivity index (χ1n) is 5.58. The fourth-order valence-corrected chi connectivity index (χ4v) is 1.95. The average Bonchev–Trinajstić information content (AvgIpc) is 2.23. The summed E-state index contributed by atoms with van der Waals surface area (Å²) in [7, 11) is 0. The lowest BCUT2D eigenvalue weighted by Crippen LogP contribution is -2.37. The van der Waals surface area contributed by atoms with Crippen LogP contribution in [0, 0.1) is 5.92 Å². The Morgan fingerprint density at radius 3 is 2.93 bits per heavy atom. The van der Waals surface area contributed by atoms with E-state index in [4.69, 9.17) is 5.11 Å². The summed E-state index contributed by atoms with van der Waals surface area (Å²) in [6.07, 6.45) is 3.66. The first kappa shape index (κ1) is 10.6. The molecule has 1 fully saturated rings. The van der Waals surface area contributed by atoms with Crippen molar-refractivity contribution in [2.45, 2.75) is 31.9 Å². The molecule has 2 N–H and O–H groups in total. The number of pyridine rings is 1. The van der Waals surface area contributed by atoms with Crippen LogP contribution in [0.1, 0.15) is 31.5 Å². The van der Waals surface area contributed by atoms with Gasteiger partial charge in [0.15, 0.2) is 0 Å². The molecule has 1 saturated carbocycles. The highest BCUT2D eigenvalue weighted by Crippen LogP contribution is 2.26. The minimum Gasteiger partial charge on any atom is -0.393 e. The van der Waals surface area contributed by atoms with Crippen LogP contribution in [0.3, 0.4) is 0 Å². The maximum Gasteiger partial charge on any atom is 0.0570 e. The van der Waals surface area contributed by atoms with Crippen LogP contribution < -0.4 is 5.32 Å². The molecule has 1 aliphatic carbocycles. The lowest BCUT2D eigenvalue weighted by Gasteiger charge is -2.32. The normalized spacial score (nSPS) is 27.1. The highest BCUT2D eigenvalue weighted by molar-refractivity contribution is 5.07. The Hall–Kier alpha value is -0.930. The maximum absolute atomic E-state index is 9.16. The smallest absolute Gasteiger partial charge is 0.0570 e. The van der Waals surface area contributed by atoms with Gasteiger partial charge in [0, 0.05) is 12.2 Å². The van der Waals surface area contributed by atoms with Crippen LogP contribution in [0.5, 0.6) is 0 Å². The molecule has 0 saturated heterocycles. The Bertz CT molecular complexity index is 296. The van der Waals surface area contributed by atoms with E-state index in [0.717, 1.165) is 25.1 Å². The van der Waals surface area contributed by atoms with E-state index in [9.17, 15) is 0 Å². The molecule has 1 unspecified atom stereocenters. The Morgan fingerprint density at radius 2 is 2.33 bits per heavy atom. The van der Waals surface area contributed by atoms with E-state index in [1.165, 1.54) is 0 Å². The molecule has 0 bridgehead atoms. The predicted molar refractivity (Wildman–Crippen MR) is 59.4 cm³/mol. The molecule has 3 nitrogen and oxygen atoms in total. The molecule has 2 rings (SSSR count). The fraction of sp³-hybridized carbons (Fsp3) is 0.583. The van der Waals surface area contributed by atoms with Gasteiger partial charge in [0.05, 0.1) is 11.8 Å². The van der Waals surface area contributed by atoms with Crippen molar-refractivity contribution in [2.75, 3.05) is 6.54 Å². The zero-order chi connectivity index (χ0) is 10.7. The molecule has 0 spiro atoms. The number of nitrogens with one attached hydrogen (secondary N) is 1. The summed E-state index contributed by atoms with van der Waals surface area (Å²) in [6, 6.07) is 6.27. The van der Waals surface area contributed by atoms with Gasteiger partial charge in [-0.25, -0.2) is 0 Å². The van der Waals surface area contributed by atoms with Crippen molar-refractivity contribution in [1.29, 1.82) is 0 Å². The number of rotatable bonds is 4. The lowest BCUT2D eigenvalue weighted by atomic mass is 9.82. The third-order valence-electron chi connectivity index (χ3n) is 3.05. The minimum atomic E-state index is -0.0537. The number of nitrogens with zero attached hydrogens (tertiary/aromatic N) is 1. The zero-order valence-electron chi connectivity index (χ0n) is 9.06. The predicted octanol–water partition coefficient (Wildman–Crippen LogP) is 1.50. The summed E-state index contributed by atoms with van der Waals surface area (Å²) in [5.41, 5.74) is 1.08. The van der Waals surface area contributed by atoms with E-state index in [2.05, 4.69) is 17.2 Å². The minimum absolute atomic E-state index is 0.0537. The van der Waals surface area contributed by atoms with Gasteiger partial charge in [-0.3, -0.25) is 4.98 Å². The number of aromatic nitrogens is 1. The van der Waals surface area contributed by atoms with Gasteiger partial charge in [-0.1, -0.05) is 6.07 Å². The molecule has 1 atom stereocenters.